The number of benzene rings is 1. The molecule has 102 valence electrons. The molecule has 0 unspecified atom stereocenters. The van der Waals surface area contributed by atoms with Crippen molar-refractivity contribution >= 4 is 31.8 Å². The summed E-state index contributed by atoms with van der Waals surface area (Å²) in [6, 6.07) is 3.72. The average Bonchev–Trinajstić information content (AvgIpc) is 2.23. The lowest BCUT2D eigenvalue weighted by Gasteiger charge is -2.14. The molecule has 0 saturated heterocycles. The van der Waals surface area contributed by atoms with E-state index in [1.54, 1.807) is 0 Å². The van der Waals surface area contributed by atoms with E-state index in [1.165, 1.54) is 7.11 Å². The topological polar surface area (TPSA) is 67.4 Å². The summed E-state index contributed by atoms with van der Waals surface area (Å²) in [6.07, 6.45) is 0. The highest BCUT2D eigenvalue weighted by atomic mass is 79.9. The van der Waals surface area contributed by atoms with Crippen molar-refractivity contribution in [1.82, 2.24) is 4.72 Å². The van der Waals surface area contributed by atoms with E-state index in [2.05, 4.69) is 25.4 Å². The SMILES string of the molecule is COCCNS(=O)(=O)Nc1c(C)cc(Br)cc1C. The number of rotatable bonds is 6. The van der Waals surface area contributed by atoms with Crippen molar-refractivity contribution in [2.45, 2.75) is 13.8 Å². The zero-order valence-corrected chi connectivity index (χ0v) is 13.0. The Morgan fingerprint density at radius 2 is 1.83 bits per heavy atom. The fourth-order valence-corrected chi connectivity index (χ4v) is 3.22. The first-order valence-corrected chi connectivity index (χ1v) is 7.66. The molecule has 0 aliphatic rings. The maximum absolute atomic E-state index is 11.8. The van der Waals surface area contributed by atoms with Crippen molar-refractivity contribution < 1.29 is 13.2 Å². The lowest BCUT2D eigenvalue weighted by molar-refractivity contribution is 0.204. The second-order valence-electron chi connectivity index (χ2n) is 3.91. The molecule has 0 saturated carbocycles. The Bertz CT molecular complexity index is 494. The molecule has 0 atom stereocenters. The molecule has 1 rings (SSSR count). The van der Waals surface area contributed by atoms with Crippen LogP contribution in [0.25, 0.3) is 0 Å². The van der Waals surface area contributed by atoms with E-state index >= 15 is 0 Å². The fraction of sp³-hybridized carbons (Fsp3) is 0.455. The third-order valence-corrected chi connectivity index (χ3v) is 3.85. The molecule has 0 spiro atoms. The number of ether oxygens (including phenoxy) is 1. The fourth-order valence-electron chi connectivity index (χ4n) is 1.52. The summed E-state index contributed by atoms with van der Waals surface area (Å²) in [6.45, 7) is 4.27. The minimum absolute atomic E-state index is 0.237. The summed E-state index contributed by atoms with van der Waals surface area (Å²) in [7, 11) is -2.04. The number of nitrogens with one attached hydrogen (secondary N) is 2. The average molecular weight is 337 g/mol. The number of aryl methyl sites for hydroxylation is 2. The Kier molecular flexibility index (Phi) is 5.58. The predicted octanol–water partition coefficient (Wildman–Crippen LogP) is 1.96. The molecule has 0 aliphatic carbocycles. The van der Waals surface area contributed by atoms with Crippen molar-refractivity contribution in [3.63, 3.8) is 0 Å². The minimum Gasteiger partial charge on any atom is -0.383 e. The molecule has 0 amide bonds. The highest BCUT2D eigenvalue weighted by molar-refractivity contribution is 9.10. The van der Waals surface area contributed by atoms with Crippen molar-refractivity contribution in [2.24, 2.45) is 0 Å². The predicted molar refractivity (Wildman–Crippen MR) is 76.0 cm³/mol. The first-order valence-electron chi connectivity index (χ1n) is 5.39. The van der Waals surface area contributed by atoms with Crippen molar-refractivity contribution in [2.75, 3.05) is 25.0 Å². The summed E-state index contributed by atoms with van der Waals surface area (Å²) in [5, 5.41) is 0. The molecule has 7 heteroatoms. The zero-order valence-electron chi connectivity index (χ0n) is 10.6. The van der Waals surface area contributed by atoms with E-state index in [4.69, 9.17) is 4.74 Å². The van der Waals surface area contributed by atoms with Gasteiger partial charge in [-0.25, -0.2) is 0 Å². The maximum atomic E-state index is 11.8. The molecular formula is C11H17BrN2O3S. The van der Waals surface area contributed by atoms with Gasteiger partial charge in [-0.15, -0.1) is 0 Å². The molecule has 0 aromatic heterocycles. The summed E-state index contributed by atoms with van der Waals surface area (Å²) in [4.78, 5) is 0. The van der Waals surface area contributed by atoms with Gasteiger partial charge in [-0.05, 0) is 37.1 Å². The van der Waals surface area contributed by atoms with Crippen LogP contribution < -0.4 is 9.44 Å². The lowest BCUT2D eigenvalue weighted by atomic mass is 10.1. The third-order valence-electron chi connectivity index (χ3n) is 2.33. The quantitative estimate of drug-likeness (QED) is 0.780. The molecular weight excluding hydrogens is 320 g/mol. The largest absolute Gasteiger partial charge is 0.383 e. The Morgan fingerprint density at radius 1 is 1.28 bits per heavy atom. The van der Waals surface area contributed by atoms with Gasteiger partial charge in [0.1, 0.15) is 0 Å². The molecule has 0 bridgehead atoms. The van der Waals surface area contributed by atoms with Gasteiger partial charge in [0.05, 0.1) is 12.3 Å². The van der Waals surface area contributed by atoms with Crippen LogP contribution >= 0.6 is 15.9 Å². The standard InChI is InChI=1S/C11H17BrN2O3S/c1-8-6-10(12)7-9(2)11(8)14-18(15,16)13-4-5-17-3/h6-7,13-14H,4-5H2,1-3H3. The molecule has 5 nitrogen and oxygen atoms in total. The Hall–Kier alpha value is -0.630. The molecule has 0 heterocycles. The van der Waals surface area contributed by atoms with Crippen LogP contribution in [0.2, 0.25) is 0 Å². The zero-order chi connectivity index (χ0) is 13.8. The smallest absolute Gasteiger partial charge is 0.299 e. The van der Waals surface area contributed by atoms with Crippen LogP contribution in [0.3, 0.4) is 0 Å². The van der Waals surface area contributed by atoms with E-state index in [9.17, 15) is 8.42 Å². The van der Waals surface area contributed by atoms with Crippen molar-refractivity contribution in [3.8, 4) is 0 Å². The summed E-state index contributed by atoms with van der Waals surface area (Å²) >= 11 is 3.37. The van der Waals surface area contributed by atoms with E-state index in [0.717, 1.165) is 15.6 Å². The molecule has 18 heavy (non-hydrogen) atoms. The monoisotopic (exact) mass is 336 g/mol. The van der Waals surface area contributed by atoms with Crippen LogP contribution in [-0.2, 0) is 14.9 Å². The van der Waals surface area contributed by atoms with E-state index in [0.29, 0.717) is 12.3 Å². The van der Waals surface area contributed by atoms with Gasteiger partial charge in [0.15, 0.2) is 0 Å². The van der Waals surface area contributed by atoms with Gasteiger partial charge in [0.25, 0.3) is 10.2 Å². The molecule has 2 N–H and O–H groups in total. The van der Waals surface area contributed by atoms with Crippen molar-refractivity contribution in [1.29, 1.82) is 0 Å². The van der Waals surface area contributed by atoms with Crippen molar-refractivity contribution in [3.05, 3.63) is 27.7 Å². The van der Waals surface area contributed by atoms with Gasteiger partial charge in [0, 0.05) is 18.1 Å². The van der Waals surface area contributed by atoms with Crippen LogP contribution in [-0.4, -0.2) is 28.7 Å². The number of hydrogen-bond acceptors (Lipinski definition) is 3. The summed E-state index contributed by atoms with van der Waals surface area (Å²) < 4.78 is 34.2. The summed E-state index contributed by atoms with van der Waals surface area (Å²) in [5.41, 5.74) is 2.32. The molecule has 1 aromatic rings. The van der Waals surface area contributed by atoms with Gasteiger partial charge < -0.3 is 4.74 Å². The third kappa shape index (κ3) is 4.56. The minimum atomic E-state index is -3.56. The Morgan fingerprint density at radius 3 is 2.33 bits per heavy atom. The number of hydrogen-bond donors (Lipinski definition) is 2. The lowest BCUT2D eigenvalue weighted by Crippen LogP contribution is -2.33. The second kappa shape index (κ2) is 6.51. The van der Waals surface area contributed by atoms with Gasteiger partial charge in [-0.1, -0.05) is 15.9 Å². The van der Waals surface area contributed by atoms with Gasteiger partial charge in [0.2, 0.25) is 0 Å². The van der Waals surface area contributed by atoms with Crippen LogP contribution in [0.5, 0.6) is 0 Å². The number of anilines is 1. The first-order chi connectivity index (χ1) is 8.35. The maximum Gasteiger partial charge on any atom is 0.299 e. The van der Waals surface area contributed by atoms with Crippen LogP contribution in [0.15, 0.2) is 16.6 Å². The van der Waals surface area contributed by atoms with Gasteiger partial charge in [-0.2, -0.15) is 13.1 Å². The first kappa shape index (κ1) is 15.4. The van der Waals surface area contributed by atoms with Gasteiger partial charge in [-0.3, -0.25) is 4.72 Å². The molecule has 1 aromatic carbocycles. The molecule has 0 radical (unpaired) electrons. The summed E-state index contributed by atoms with van der Waals surface area (Å²) in [5.74, 6) is 0. The number of halogens is 1. The normalized spacial score (nSPS) is 11.6. The van der Waals surface area contributed by atoms with Crippen LogP contribution in [0.1, 0.15) is 11.1 Å². The number of methoxy groups -OCH3 is 1. The highest BCUT2D eigenvalue weighted by Gasteiger charge is 2.13. The van der Waals surface area contributed by atoms with Gasteiger partial charge >= 0.3 is 0 Å². The van der Waals surface area contributed by atoms with Crippen LogP contribution in [0.4, 0.5) is 5.69 Å². The Labute approximate surface area is 116 Å². The highest BCUT2D eigenvalue weighted by Crippen LogP contribution is 2.25. The Balaban J connectivity index is 2.84. The second-order valence-corrected chi connectivity index (χ2v) is 6.32. The molecule has 0 aliphatic heterocycles. The van der Waals surface area contributed by atoms with E-state index in [-0.39, 0.29) is 6.54 Å². The van der Waals surface area contributed by atoms with E-state index in [1.807, 2.05) is 26.0 Å². The molecule has 0 fully saturated rings. The van der Waals surface area contributed by atoms with E-state index < -0.39 is 10.2 Å². The van der Waals surface area contributed by atoms with Crippen LogP contribution in [0, 0.1) is 13.8 Å².